The minimum Gasteiger partial charge on any atom is -0.496 e. The van der Waals surface area contributed by atoms with Gasteiger partial charge in [0.05, 0.1) is 25.5 Å². The Balaban J connectivity index is 2.54. The van der Waals surface area contributed by atoms with Crippen LogP contribution in [-0.2, 0) is 21.3 Å². The molecule has 0 aliphatic heterocycles. The van der Waals surface area contributed by atoms with E-state index in [1.807, 2.05) is 71.9 Å². The SMILES string of the molecule is COC(=O)C(OC(C)(C)C)c1c(-c2cc(C)c(OC)c(C)c2)c2cc(C)ccc2c(=O)n1C. The van der Waals surface area contributed by atoms with E-state index in [2.05, 4.69) is 0 Å². The molecule has 3 aromatic rings. The van der Waals surface area contributed by atoms with Gasteiger partial charge in [-0.1, -0.05) is 17.7 Å². The summed E-state index contributed by atoms with van der Waals surface area (Å²) in [6, 6.07) is 9.77. The molecule has 2 aromatic carbocycles. The lowest BCUT2D eigenvalue weighted by atomic mass is 9.91. The van der Waals surface area contributed by atoms with Crippen molar-refractivity contribution in [2.75, 3.05) is 14.2 Å². The van der Waals surface area contributed by atoms with E-state index in [0.717, 1.165) is 39.0 Å². The van der Waals surface area contributed by atoms with E-state index in [1.54, 1.807) is 14.2 Å². The van der Waals surface area contributed by atoms with E-state index in [9.17, 15) is 9.59 Å². The first kappa shape index (κ1) is 24.5. The number of benzene rings is 2. The average Bonchev–Trinajstić information content (AvgIpc) is 2.73. The Hall–Kier alpha value is -3.12. The molecule has 1 heterocycles. The third-order valence-corrected chi connectivity index (χ3v) is 5.69. The summed E-state index contributed by atoms with van der Waals surface area (Å²) in [6.07, 6.45) is -1.09. The number of hydrogen-bond acceptors (Lipinski definition) is 5. The van der Waals surface area contributed by atoms with Crippen LogP contribution in [0.3, 0.4) is 0 Å². The molecule has 1 unspecified atom stereocenters. The average molecular weight is 452 g/mol. The second-order valence-electron chi connectivity index (χ2n) is 9.45. The van der Waals surface area contributed by atoms with Crippen molar-refractivity contribution in [2.24, 2.45) is 7.05 Å². The van der Waals surface area contributed by atoms with Gasteiger partial charge in [0, 0.05) is 18.0 Å². The number of ether oxygens (including phenoxy) is 3. The van der Waals surface area contributed by atoms with Crippen molar-refractivity contribution >= 4 is 16.7 Å². The number of fused-ring (bicyclic) bond motifs is 1. The van der Waals surface area contributed by atoms with Gasteiger partial charge in [-0.15, -0.1) is 0 Å². The molecule has 0 bridgehead atoms. The predicted molar refractivity (Wildman–Crippen MR) is 131 cm³/mol. The molecule has 1 atom stereocenters. The van der Waals surface area contributed by atoms with Gasteiger partial charge in [0.25, 0.3) is 5.56 Å². The molecule has 0 amide bonds. The number of pyridine rings is 1. The second kappa shape index (κ2) is 9.02. The quantitative estimate of drug-likeness (QED) is 0.501. The first-order valence-corrected chi connectivity index (χ1v) is 10.9. The molecule has 0 aliphatic rings. The molecule has 0 spiro atoms. The summed E-state index contributed by atoms with van der Waals surface area (Å²) >= 11 is 0. The number of nitrogens with zero attached hydrogens (tertiary/aromatic N) is 1. The highest BCUT2D eigenvalue weighted by molar-refractivity contribution is 5.99. The number of carbonyl (C=O) groups is 1. The lowest BCUT2D eigenvalue weighted by molar-refractivity contribution is -0.165. The van der Waals surface area contributed by atoms with Crippen molar-refractivity contribution in [3.8, 4) is 16.9 Å². The molecule has 3 rings (SSSR count). The Morgan fingerprint density at radius 3 is 2.09 bits per heavy atom. The number of rotatable bonds is 5. The fourth-order valence-corrected chi connectivity index (χ4v) is 4.35. The zero-order chi connectivity index (χ0) is 24.7. The summed E-state index contributed by atoms with van der Waals surface area (Å²) in [5.41, 5.74) is 4.18. The number of hydrogen-bond donors (Lipinski definition) is 0. The molecular formula is C27H33NO5. The number of methoxy groups -OCH3 is 2. The van der Waals surface area contributed by atoms with E-state index in [-0.39, 0.29) is 5.56 Å². The lowest BCUT2D eigenvalue weighted by Crippen LogP contribution is -2.33. The molecular weight excluding hydrogens is 418 g/mol. The molecule has 6 heteroatoms. The summed E-state index contributed by atoms with van der Waals surface area (Å²) in [5.74, 6) is 0.246. The highest BCUT2D eigenvalue weighted by Crippen LogP contribution is 2.39. The van der Waals surface area contributed by atoms with Crippen molar-refractivity contribution in [2.45, 2.75) is 53.2 Å². The zero-order valence-corrected chi connectivity index (χ0v) is 21.0. The summed E-state index contributed by atoms with van der Waals surface area (Å²) < 4.78 is 18.4. The molecule has 0 N–H and O–H groups in total. The molecule has 0 radical (unpaired) electrons. The van der Waals surface area contributed by atoms with Crippen LogP contribution in [0.25, 0.3) is 21.9 Å². The molecule has 1 aromatic heterocycles. The fourth-order valence-electron chi connectivity index (χ4n) is 4.35. The highest BCUT2D eigenvalue weighted by Gasteiger charge is 2.34. The van der Waals surface area contributed by atoms with Crippen molar-refractivity contribution in [3.63, 3.8) is 0 Å². The zero-order valence-electron chi connectivity index (χ0n) is 21.0. The van der Waals surface area contributed by atoms with Gasteiger partial charge in [0.15, 0.2) is 6.10 Å². The smallest absolute Gasteiger partial charge is 0.341 e. The van der Waals surface area contributed by atoms with Gasteiger partial charge in [-0.3, -0.25) is 4.79 Å². The maximum atomic E-state index is 13.4. The van der Waals surface area contributed by atoms with Gasteiger partial charge in [0.1, 0.15) is 5.75 Å². The largest absolute Gasteiger partial charge is 0.496 e. The highest BCUT2D eigenvalue weighted by atomic mass is 16.6. The normalized spacial score (nSPS) is 12.6. The first-order valence-electron chi connectivity index (χ1n) is 10.9. The molecule has 0 saturated heterocycles. The number of aryl methyl sites for hydroxylation is 3. The Bertz CT molecular complexity index is 1260. The van der Waals surface area contributed by atoms with Crippen LogP contribution < -0.4 is 10.3 Å². The Kier molecular flexibility index (Phi) is 6.70. The van der Waals surface area contributed by atoms with Gasteiger partial charge in [-0.25, -0.2) is 4.79 Å². The van der Waals surface area contributed by atoms with Gasteiger partial charge in [-0.2, -0.15) is 0 Å². The monoisotopic (exact) mass is 451 g/mol. The van der Waals surface area contributed by atoms with Crippen molar-refractivity contribution in [1.82, 2.24) is 4.57 Å². The molecule has 6 nitrogen and oxygen atoms in total. The van der Waals surface area contributed by atoms with Crippen molar-refractivity contribution < 1.29 is 19.0 Å². The van der Waals surface area contributed by atoms with Gasteiger partial charge < -0.3 is 18.8 Å². The molecule has 176 valence electrons. The van der Waals surface area contributed by atoms with Crippen molar-refractivity contribution in [3.05, 3.63) is 63.1 Å². The third-order valence-electron chi connectivity index (χ3n) is 5.69. The molecule has 0 saturated carbocycles. The topological polar surface area (TPSA) is 66.8 Å². The third kappa shape index (κ3) is 4.67. The maximum Gasteiger partial charge on any atom is 0.341 e. The van der Waals surface area contributed by atoms with E-state index < -0.39 is 17.7 Å². The minimum absolute atomic E-state index is 0.197. The molecule has 33 heavy (non-hydrogen) atoms. The fraction of sp³-hybridized carbons (Fsp3) is 0.407. The maximum absolute atomic E-state index is 13.4. The standard InChI is InChI=1S/C27H33NO5/c1-15-10-11-19-20(12-15)21(18-13-16(2)23(31-8)17(3)14-18)22(28(7)25(19)29)24(26(30)32-9)33-27(4,5)6/h10-14,24H,1-9H3. The van der Waals surface area contributed by atoms with Gasteiger partial charge in [-0.05, 0) is 81.8 Å². The number of carbonyl (C=O) groups excluding carboxylic acids is 1. The van der Waals surface area contributed by atoms with Crippen LogP contribution in [-0.4, -0.2) is 30.4 Å². The lowest BCUT2D eigenvalue weighted by Gasteiger charge is -2.29. The van der Waals surface area contributed by atoms with Crippen LogP contribution in [0.5, 0.6) is 5.75 Å². The van der Waals surface area contributed by atoms with Crippen molar-refractivity contribution in [1.29, 1.82) is 0 Å². The predicted octanol–water partition coefficient (Wildman–Crippen LogP) is 5.17. The van der Waals surface area contributed by atoms with Crippen LogP contribution in [0.4, 0.5) is 0 Å². The Morgan fingerprint density at radius 2 is 1.58 bits per heavy atom. The summed E-state index contributed by atoms with van der Waals surface area (Å²) in [5, 5.41) is 1.34. The first-order chi connectivity index (χ1) is 15.4. The number of aromatic nitrogens is 1. The van der Waals surface area contributed by atoms with Crippen LogP contribution in [0.15, 0.2) is 35.1 Å². The Morgan fingerprint density at radius 1 is 0.970 bits per heavy atom. The Labute approximate surface area is 195 Å². The minimum atomic E-state index is -1.09. The van der Waals surface area contributed by atoms with Crippen LogP contribution in [0, 0.1) is 20.8 Å². The van der Waals surface area contributed by atoms with E-state index in [1.165, 1.54) is 11.7 Å². The van der Waals surface area contributed by atoms with E-state index >= 15 is 0 Å². The van der Waals surface area contributed by atoms with Crippen LogP contribution in [0.1, 0.15) is 49.3 Å². The molecule has 0 fully saturated rings. The summed E-state index contributed by atoms with van der Waals surface area (Å²) in [6.45, 7) is 11.5. The summed E-state index contributed by atoms with van der Waals surface area (Å²) in [7, 11) is 4.65. The van der Waals surface area contributed by atoms with E-state index in [0.29, 0.717) is 11.1 Å². The van der Waals surface area contributed by atoms with Gasteiger partial charge in [0.2, 0.25) is 0 Å². The summed E-state index contributed by atoms with van der Waals surface area (Å²) in [4.78, 5) is 26.4. The molecule has 0 aliphatic carbocycles. The second-order valence-corrected chi connectivity index (χ2v) is 9.45. The van der Waals surface area contributed by atoms with E-state index in [4.69, 9.17) is 14.2 Å². The number of esters is 1. The van der Waals surface area contributed by atoms with Crippen LogP contribution >= 0.6 is 0 Å². The van der Waals surface area contributed by atoms with Gasteiger partial charge >= 0.3 is 5.97 Å². The van der Waals surface area contributed by atoms with Crippen LogP contribution in [0.2, 0.25) is 0 Å².